The molecule has 4 nitrogen and oxygen atoms in total. The average Bonchev–Trinajstić information content (AvgIpc) is 3.30. The molecule has 1 N–H and O–H groups in total. The summed E-state index contributed by atoms with van der Waals surface area (Å²) in [5.41, 5.74) is 5.64. The summed E-state index contributed by atoms with van der Waals surface area (Å²) in [5.74, 6) is 0.303. The van der Waals surface area contributed by atoms with Crippen molar-refractivity contribution in [3.63, 3.8) is 0 Å². The number of rotatable bonds is 11. The Morgan fingerprint density at radius 2 is 1.31 bits per heavy atom. The van der Waals surface area contributed by atoms with Gasteiger partial charge < -0.3 is 9.32 Å². The van der Waals surface area contributed by atoms with Crippen molar-refractivity contribution in [1.82, 2.24) is 0 Å². The number of fused-ring (bicyclic) bond motifs is 3. The SMILES string of the molecule is CC(=CCSP(=O)(O)OCC1c2ccccc2-c2ccccc21)CO[Si](c1ccccc1)(c1ccccc1)C(C)(C)C. The van der Waals surface area contributed by atoms with E-state index in [2.05, 4.69) is 93.6 Å². The van der Waals surface area contributed by atoms with Gasteiger partial charge in [0.05, 0.1) is 13.2 Å². The molecule has 1 atom stereocenters. The molecule has 218 valence electrons. The van der Waals surface area contributed by atoms with Crippen LogP contribution in [0.5, 0.6) is 0 Å². The van der Waals surface area contributed by atoms with Crippen molar-refractivity contribution in [3.8, 4) is 11.1 Å². The standard InChI is InChI=1S/C35H39O4PSSi/c1-27(25-39-42(35(2,3)4,28-15-7-5-8-16-28)29-17-9-6-10-18-29)23-24-41-40(36,37)38-26-34-32-21-13-11-19-30(32)31-20-12-14-22-33(31)34/h5-23,34H,24-26H2,1-4H3,(H,36,37). The van der Waals surface area contributed by atoms with Crippen LogP contribution in [-0.4, -0.2) is 32.2 Å². The predicted octanol–water partition coefficient (Wildman–Crippen LogP) is 8.17. The molecule has 5 rings (SSSR count). The lowest BCUT2D eigenvalue weighted by Crippen LogP contribution is -2.66. The minimum Gasteiger partial charge on any atom is -0.403 e. The zero-order valence-corrected chi connectivity index (χ0v) is 27.4. The van der Waals surface area contributed by atoms with Crippen molar-refractivity contribution in [2.45, 2.75) is 38.7 Å². The van der Waals surface area contributed by atoms with Crippen LogP contribution >= 0.6 is 18.2 Å². The van der Waals surface area contributed by atoms with E-state index in [1.54, 1.807) is 0 Å². The first-order valence-corrected chi connectivity index (χ1v) is 19.4. The van der Waals surface area contributed by atoms with Gasteiger partial charge in [0.15, 0.2) is 0 Å². The van der Waals surface area contributed by atoms with Crippen LogP contribution in [0.2, 0.25) is 5.04 Å². The highest BCUT2D eigenvalue weighted by Crippen LogP contribution is 2.57. The Morgan fingerprint density at radius 1 is 0.833 bits per heavy atom. The normalized spacial score (nSPS) is 15.2. The molecule has 0 bridgehead atoms. The average molecular weight is 615 g/mol. The Bertz CT molecular complexity index is 1500. The second-order valence-corrected chi connectivity index (χ2v) is 20.0. The van der Waals surface area contributed by atoms with Crippen LogP contribution in [0.25, 0.3) is 11.1 Å². The maximum Gasteiger partial charge on any atom is 0.386 e. The minimum absolute atomic E-state index is 0.0596. The third-order valence-electron chi connectivity index (χ3n) is 7.97. The quantitative estimate of drug-likeness (QED) is 0.105. The van der Waals surface area contributed by atoms with Crippen LogP contribution in [0.4, 0.5) is 0 Å². The minimum atomic E-state index is -3.86. The molecule has 1 aliphatic carbocycles. The van der Waals surface area contributed by atoms with Crippen LogP contribution in [0.3, 0.4) is 0 Å². The third kappa shape index (κ3) is 6.45. The molecule has 7 heteroatoms. The van der Waals surface area contributed by atoms with Crippen molar-refractivity contribution in [1.29, 1.82) is 0 Å². The molecule has 0 spiro atoms. The molecule has 0 heterocycles. The zero-order valence-electron chi connectivity index (χ0n) is 24.7. The van der Waals surface area contributed by atoms with Gasteiger partial charge in [0.2, 0.25) is 0 Å². The largest absolute Gasteiger partial charge is 0.403 e. The fourth-order valence-electron chi connectivity index (χ4n) is 5.96. The highest BCUT2D eigenvalue weighted by Gasteiger charge is 2.50. The lowest BCUT2D eigenvalue weighted by molar-refractivity contribution is 0.267. The summed E-state index contributed by atoms with van der Waals surface area (Å²) in [5, 5.41) is 2.35. The van der Waals surface area contributed by atoms with E-state index in [0.29, 0.717) is 12.4 Å². The van der Waals surface area contributed by atoms with Gasteiger partial charge in [-0.25, -0.2) is 4.57 Å². The van der Waals surface area contributed by atoms with Gasteiger partial charge in [0.25, 0.3) is 8.32 Å². The van der Waals surface area contributed by atoms with Crippen LogP contribution < -0.4 is 10.4 Å². The molecule has 0 saturated carbocycles. The second kappa shape index (κ2) is 12.9. The van der Waals surface area contributed by atoms with Gasteiger partial charge in [-0.1, -0.05) is 142 Å². The van der Waals surface area contributed by atoms with Crippen molar-refractivity contribution in [2.75, 3.05) is 19.0 Å². The molecule has 0 radical (unpaired) electrons. The van der Waals surface area contributed by atoms with E-state index in [1.807, 2.05) is 49.4 Å². The highest BCUT2D eigenvalue weighted by atomic mass is 32.7. The summed E-state index contributed by atoms with van der Waals surface area (Å²) in [6.07, 6.45) is 1.98. The van der Waals surface area contributed by atoms with E-state index in [4.69, 9.17) is 8.95 Å². The predicted molar refractivity (Wildman–Crippen MR) is 179 cm³/mol. The van der Waals surface area contributed by atoms with Gasteiger partial charge in [-0.05, 0) is 56.0 Å². The van der Waals surface area contributed by atoms with Crippen molar-refractivity contribution in [2.24, 2.45) is 0 Å². The van der Waals surface area contributed by atoms with Gasteiger partial charge >= 0.3 is 6.80 Å². The molecule has 4 aromatic rings. The third-order valence-corrected chi connectivity index (χ3v) is 15.8. The topological polar surface area (TPSA) is 55.8 Å². The van der Waals surface area contributed by atoms with Gasteiger partial charge in [-0.2, -0.15) is 0 Å². The van der Waals surface area contributed by atoms with Crippen LogP contribution in [-0.2, 0) is 13.5 Å². The Balaban J connectivity index is 1.25. The van der Waals surface area contributed by atoms with E-state index in [-0.39, 0.29) is 17.6 Å². The second-order valence-electron chi connectivity index (χ2n) is 11.8. The van der Waals surface area contributed by atoms with Crippen molar-refractivity contribution < 1.29 is 18.4 Å². The molecule has 1 unspecified atom stereocenters. The summed E-state index contributed by atoms with van der Waals surface area (Å²) in [7, 11) is -2.65. The van der Waals surface area contributed by atoms with E-state index in [0.717, 1.165) is 28.1 Å². The lowest BCUT2D eigenvalue weighted by Gasteiger charge is -2.43. The zero-order chi connectivity index (χ0) is 29.8. The molecule has 0 saturated heterocycles. The van der Waals surface area contributed by atoms with Crippen molar-refractivity contribution in [3.05, 3.63) is 132 Å². The summed E-state index contributed by atoms with van der Waals surface area (Å²) < 4.78 is 25.7. The fourth-order valence-corrected chi connectivity index (χ4v) is 12.7. The van der Waals surface area contributed by atoms with Gasteiger partial charge in [0, 0.05) is 11.7 Å². The molecular formula is C35H39O4PSSi. The molecule has 0 fully saturated rings. The first-order chi connectivity index (χ1) is 20.1. The Hall–Kier alpha value is -2.70. The molecular weight excluding hydrogens is 576 g/mol. The molecule has 0 aromatic heterocycles. The van der Waals surface area contributed by atoms with E-state index >= 15 is 0 Å². The van der Waals surface area contributed by atoms with Crippen LogP contribution in [0, 0.1) is 0 Å². The highest BCUT2D eigenvalue weighted by molar-refractivity contribution is 8.54. The smallest absolute Gasteiger partial charge is 0.386 e. The van der Waals surface area contributed by atoms with Crippen molar-refractivity contribution >= 4 is 36.9 Å². The first-order valence-electron chi connectivity index (χ1n) is 14.3. The van der Waals surface area contributed by atoms with Crippen LogP contribution in [0.1, 0.15) is 44.7 Å². The van der Waals surface area contributed by atoms with Gasteiger partial charge in [0.1, 0.15) is 0 Å². The summed E-state index contributed by atoms with van der Waals surface area (Å²) in [6.45, 7) is 5.54. The number of hydrogen-bond donors (Lipinski definition) is 1. The Labute approximate surface area is 255 Å². The van der Waals surface area contributed by atoms with Gasteiger partial charge in [-0.3, -0.25) is 4.52 Å². The van der Waals surface area contributed by atoms with E-state index < -0.39 is 15.1 Å². The number of hydrogen-bond acceptors (Lipinski definition) is 4. The molecule has 4 aromatic carbocycles. The summed E-state index contributed by atoms with van der Waals surface area (Å²) in [6, 6.07) is 37.5. The van der Waals surface area contributed by atoms with Gasteiger partial charge in [-0.15, -0.1) is 0 Å². The maximum atomic E-state index is 13.0. The first kappa shape index (κ1) is 30.7. The van der Waals surface area contributed by atoms with Crippen LogP contribution in [0.15, 0.2) is 121 Å². The summed E-state index contributed by atoms with van der Waals surface area (Å²) in [4.78, 5) is 10.7. The molecule has 0 amide bonds. The Morgan fingerprint density at radius 3 is 1.81 bits per heavy atom. The summed E-state index contributed by atoms with van der Waals surface area (Å²) >= 11 is 0.953. The molecule has 1 aliphatic rings. The Kier molecular flexibility index (Phi) is 9.43. The van der Waals surface area contributed by atoms with E-state index in [1.165, 1.54) is 21.5 Å². The van der Waals surface area contributed by atoms with E-state index in [9.17, 15) is 9.46 Å². The lowest BCUT2D eigenvalue weighted by atomic mass is 9.98. The number of benzene rings is 4. The molecule has 42 heavy (non-hydrogen) atoms. The molecule has 0 aliphatic heterocycles. The fraction of sp³-hybridized carbons (Fsp3) is 0.257. The monoisotopic (exact) mass is 614 g/mol. The maximum absolute atomic E-state index is 13.0.